The molecule has 2 heterocycles. The second-order valence-corrected chi connectivity index (χ2v) is 4.95. The Balaban J connectivity index is 2.39. The predicted molar refractivity (Wildman–Crippen MR) is 73.7 cm³/mol. The number of carbonyl (C=O) groups excluding carboxylic acids is 1. The number of aryl methyl sites for hydroxylation is 2. The zero-order valence-electron chi connectivity index (χ0n) is 10.8. The van der Waals surface area contributed by atoms with Gasteiger partial charge in [-0.15, -0.1) is 0 Å². The first kappa shape index (κ1) is 12.8. The molecule has 1 amide bonds. The number of piperazine rings is 1. The summed E-state index contributed by atoms with van der Waals surface area (Å²) in [5, 5.41) is 4.33. The largest absolute Gasteiger partial charge is 0.389 e. The molecule has 1 saturated heterocycles. The molecule has 0 radical (unpaired) electrons. The molecule has 0 atom stereocenters. The highest BCUT2D eigenvalue weighted by Gasteiger charge is 2.27. The number of hydrogen-bond acceptors (Lipinski definition) is 4. The van der Waals surface area contributed by atoms with Crippen molar-refractivity contribution in [1.29, 1.82) is 0 Å². The second kappa shape index (κ2) is 4.56. The van der Waals surface area contributed by atoms with E-state index in [1.807, 2.05) is 25.9 Å². The fourth-order valence-corrected chi connectivity index (χ4v) is 2.48. The third-order valence-corrected chi connectivity index (χ3v) is 3.40. The first-order chi connectivity index (χ1) is 8.41. The highest BCUT2D eigenvalue weighted by Crippen LogP contribution is 2.24. The Morgan fingerprint density at radius 2 is 2.06 bits per heavy atom. The van der Waals surface area contributed by atoms with Gasteiger partial charge in [-0.05, 0) is 6.92 Å². The third kappa shape index (κ3) is 2.05. The average molecular weight is 267 g/mol. The van der Waals surface area contributed by atoms with Crippen LogP contribution in [-0.4, -0.2) is 52.3 Å². The lowest BCUT2D eigenvalue weighted by atomic mass is 10.2. The standard InChI is InChI=1S/C11H17N5OS/c1-7-9(10(12)18)11(15(3)13-7)16-5-4-14(2)8(17)6-16/h4-6H2,1-3H3,(H2,12,18). The normalized spacial score (nSPS) is 16.3. The van der Waals surface area contributed by atoms with E-state index < -0.39 is 0 Å². The second-order valence-electron chi connectivity index (χ2n) is 4.51. The topological polar surface area (TPSA) is 67.4 Å². The molecule has 0 aliphatic carbocycles. The van der Waals surface area contributed by atoms with Crippen molar-refractivity contribution in [2.24, 2.45) is 12.8 Å². The Bertz CT molecular complexity index is 510. The van der Waals surface area contributed by atoms with Gasteiger partial charge in [0.2, 0.25) is 5.91 Å². The van der Waals surface area contributed by atoms with Crippen LogP contribution in [0.1, 0.15) is 11.3 Å². The molecule has 0 unspecified atom stereocenters. The van der Waals surface area contributed by atoms with Gasteiger partial charge in [0, 0.05) is 27.2 Å². The maximum atomic E-state index is 11.8. The SMILES string of the molecule is Cc1nn(C)c(N2CCN(C)C(=O)C2)c1C(N)=S. The molecule has 7 heteroatoms. The van der Waals surface area contributed by atoms with Crippen molar-refractivity contribution in [1.82, 2.24) is 14.7 Å². The van der Waals surface area contributed by atoms with E-state index in [0.717, 1.165) is 23.6 Å². The van der Waals surface area contributed by atoms with Gasteiger partial charge in [-0.2, -0.15) is 5.10 Å². The molecular formula is C11H17N5OS. The first-order valence-corrected chi connectivity index (χ1v) is 6.15. The van der Waals surface area contributed by atoms with E-state index in [0.29, 0.717) is 18.1 Å². The molecule has 1 aromatic rings. The van der Waals surface area contributed by atoms with Crippen molar-refractivity contribution >= 4 is 28.9 Å². The molecule has 0 spiro atoms. The Morgan fingerprint density at radius 3 is 2.61 bits per heavy atom. The molecule has 6 nitrogen and oxygen atoms in total. The maximum absolute atomic E-state index is 11.8. The zero-order valence-corrected chi connectivity index (χ0v) is 11.6. The minimum Gasteiger partial charge on any atom is -0.389 e. The summed E-state index contributed by atoms with van der Waals surface area (Å²) in [4.78, 5) is 15.8. The lowest BCUT2D eigenvalue weighted by Gasteiger charge is -2.33. The van der Waals surface area contributed by atoms with E-state index in [4.69, 9.17) is 18.0 Å². The van der Waals surface area contributed by atoms with Gasteiger partial charge in [0.1, 0.15) is 10.8 Å². The minimum absolute atomic E-state index is 0.0917. The monoisotopic (exact) mass is 267 g/mol. The molecule has 1 aromatic heterocycles. The van der Waals surface area contributed by atoms with Crippen LogP contribution in [0.25, 0.3) is 0 Å². The zero-order chi connectivity index (χ0) is 13.4. The van der Waals surface area contributed by atoms with Crippen LogP contribution >= 0.6 is 12.2 Å². The number of thiocarbonyl (C=S) groups is 1. The molecular weight excluding hydrogens is 250 g/mol. The summed E-state index contributed by atoms with van der Waals surface area (Å²) in [7, 11) is 3.65. The molecule has 2 N–H and O–H groups in total. The van der Waals surface area contributed by atoms with E-state index in [1.165, 1.54) is 0 Å². The van der Waals surface area contributed by atoms with Gasteiger partial charge in [-0.25, -0.2) is 0 Å². The number of amides is 1. The van der Waals surface area contributed by atoms with Crippen molar-refractivity contribution in [3.8, 4) is 0 Å². The first-order valence-electron chi connectivity index (χ1n) is 5.74. The highest BCUT2D eigenvalue weighted by atomic mass is 32.1. The van der Waals surface area contributed by atoms with Crippen LogP contribution in [0.5, 0.6) is 0 Å². The quantitative estimate of drug-likeness (QED) is 0.741. The van der Waals surface area contributed by atoms with Crippen LogP contribution in [0.4, 0.5) is 5.82 Å². The molecule has 2 rings (SSSR count). The van der Waals surface area contributed by atoms with Crippen molar-refractivity contribution in [2.45, 2.75) is 6.92 Å². The Kier molecular flexibility index (Phi) is 3.25. The van der Waals surface area contributed by atoms with Gasteiger partial charge in [0.05, 0.1) is 17.8 Å². The summed E-state index contributed by atoms with van der Waals surface area (Å²) in [6.45, 7) is 3.66. The van der Waals surface area contributed by atoms with Crippen molar-refractivity contribution in [3.05, 3.63) is 11.3 Å². The number of nitrogens with zero attached hydrogens (tertiary/aromatic N) is 4. The number of aromatic nitrogens is 2. The fourth-order valence-electron chi connectivity index (χ4n) is 2.24. The van der Waals surface area contributed by atoms with Crippen LogP contribution in [0.2, 0.25) is 0 Å². The molecule has 0 aromatic carbocycles. The van der Waals surface area contributed by atoms with E-state index in [9.17, 15) is 4.79 Å². The molecule has 18 heavy (non-hydrogen) atoms. The fraction of sp³-hybridized carbons (Fsp3) is 0.545. The number of rotatable bonds is 2. The van der Waals surface area contributed by atoms with Gasteiger partial charge in [-0.1, -0.05) is 12.2 Å². The lowest BCUT2D eigenvalue weighted by molar-refractivity contribution is -0.129. The molecule has 1 aliphatic rings. The lowest BCUT2D eigenvalue weighted by Crippen LogP contribution is -2.49. The summed E-state index contributed by atoms with van der Waals surface area (Å²) in [6, 6.07) is 0. The van der Waals surface area contributed by atoms with Gasteiger partial charge in [-0.3, -0.25) is 9.48 Å². The van der Waals surface area contributed by atoms with E-state index in [2.05, 4.69) is 5.10 Å². The summed E-state index contributed by atoms with van der Waals surface area (Å²) in [5.41, 5.74) is 7.32. The van der Waals surface area contributed by atoms with E-state index in [1.54, 1.807) is 9.58 Å². The number of likely N-dealkylation sites (N-methyl/N-ethyl adjacent to an activating group) is 1. The summed E-state index contributed by atoms with van der Waals surface area (Å²) >= 11 is 5.07. The van der Waals surface area contributed by atoms with Crippen LogP contribution < -0.4 is 10.6 Å². The smallest absolute Gasteiger partial charge is 0.241 e. The predicted octanol–water partition coefficient (Wildman–Crippen LogP) is -0.359. The van der Waals surface area contributed by atoms with E-state index >= 15 is 0 Å². The number of carbonyl (C=O) groups is 1. The molecule has 98 valence electrons. The molecule has 0 saturated carbocycles. The number of hydrogen-bond donors (Lipinski definition) is 1. The molecule has 1 aliphatic heterocycles. The van der Waals surface area contributed by atoms with Gasteiger partial charge in [0.15, 0.2) is 0 Å². The summed E-state index contributed by atoms with van der Waals surface area (Å²) in [5.74, 6) is 0.926. The average Bonchev–Trinajstić information content (AvgIpc) is 2.57. The van der Waals surface area contributed by atoms with Crippen molar-refractivity contribution < 1.29 is 4.79 Å². The van der Waals surface area contributed by atoms with Crippen LogP contribution in [0.15, 0.2) is 0 Å². The van der Waals surface area contributed by atoms with E-state index in [-0.39, 0.29) is 5.91 Å². The third-order valence-electron chi connectivity index (χ3n) is 3.20. The highest BCUT2D eigenvalue weighted by molar-refractivity contribution is 7.80. The summed E-state index contributed by atoms with van der Waals surface area (Å²) < 4.78 is 1.74. The minimum atomic E-state index is 0.0917. The van der Waals surface area contributed by atoms with Gasteiger partial charge < -0.3 is 15.5 Å². The molecule has 0 bridgehead atoms. The summed E-state index contributed by atoms with van der Waals surface area (Å²) in [6.07, 6.45) is 0. The Morgan fingerprint density at radius 1 is 1.39 bits per heavy atom. The van der Waals surface area contributed by atoms with Crippen LogP contribution in [0, 0.1) is 6.92 Å². The maximum Gasteiger partial charge on any atom is 0.241 e. The number of nitrogens with two attached hydrogens (primary N) is 1. The van der Waals surface area contributed by atoms with Crippen molar-refractivity contribution in [2.75, 3.05) is 31.6 Å². The van der Waals surface area contributed by atoms with Crippen LogP contribution in [-0.2, 0) is 11.8 Å². The Hall–Kier alpha value is -1.63. The van der Waals surface area contributed by atoms with Gasteiger partial charge >= 0.3 is 0 Å². The van der Waals surface area contributed by atoms with Gasteiger partial charge in [0.25, 0.3) is 0 Å². The Labute approximate surface area is 111 Å². The molecule has 1 fully saturated rings. The number of anilines is 1. The van der Waals surface area contributed by atoms with Crippen molar-refractivity contribution in [3.63, 3.8) is 0 Å². The van der Waals surface area contributed by atoms with Crippen LogP contribution in [0.3, 0.4) is 0 Å².